The fourth-order valence-electron chi connectivity index (χ4n) is 3.88. The summed E-state index contributed by atoms with van der Waals surface area (Å²) in [5.41, 5.74) is 2.18. The second-order valence-corrected chi connectivity index (χ2v) is 7.07. The van der Waals surface area contributed by atoms with Crippen molar-refractivity contribution in [3.63, 3.8) is 0 Å². The van der Waals surface area contributed by atoms with Crippen molar-refractivity contribution < 1.29 is 4.79 Å². The number of amides is 1. The van der Waals surface area contributed by atoms with E-state index in [2.05, 4.69) is 38.2 Å². The Labute approximate surface area is 153 Å². The first-order valence-corrected chi connectivity index (χ1v) is 9.39. The molecule has 4 rings (SSSR count). The van der Waals surface area contributed by atoms with E-state index in [4.69, 9.17) is 0 Å². The molecular weight excluding hydrogens is 324 g/mol. The number of fused-ring (bicyclic) bond motifs is 1. The van der Waals surface area contributed by atoms with Gasteiger partial charge >= 0.3 is 0 Å². The third-order valence-corrected chi connectivity index (χ3v) is 5.29. The molecule has 3 aromatic heterocycles. The van der Waals surface area contributed by atoms with Crippen LogP contribution in [0.25, 0.3) is 11.0 Å². The van der Waals surface area contributed by atoms with Crippen LogP contribution in [0.4, 0.5) is 0 Å². The van der Waals surface area contributed by atoms with E-state index in [1.807, 2.05) is 30.6 Å². The van der Waals surface area contributed by atoms with Crippen LogP contribution in [0.15, 0.2) is 55.1 Å². The van der Waals surface area contributed by atoms with Crippen LogP contribution in [0.2, 0.25) is 0 Å². The summed E-state index contributed by atoms with van der Waals surface area (Å²) in [6.07, 6.45) is 13.1. The molecule has 1 fully saturated rings. The Bertz CT molecular complexity index is 866. The summed E-state index contributed by atoms with van der Waals surface area (Å²) in [6, 6.07) is 10.9. The Morgan fingerprint density at radius 1 is 1.12 bits per heavy atom. The number of pyridine rings is 2. The molecule has 0 radical (unpaired) electrons. The van der Waals surface area contributed by atoms with Gasteiger partial charge in [-0.05, 0) is 61.9 Å². The lowest BCUT2D eigenvalue weighted by atomic mass is 9.91. The number of rotatable bonds is 5. The molecule has 0 unspecified atom stereocenters. The molecule has 3 heterocycles. The zero-order valence-corrected chi connectivity index (χ0v) is 14.8. The zero-order valence-electron chi connectivity index (χ0n) is 14.8. The fraction of sp³-hybridized carbons (Fsp3) is 0.381. The maximum atomic E-state index is 12.2. The molecule has 1 amide bonds. The van der Waals surface area contributed by atoms with Gasteiger partial charge in [-0.3, -0.25) is 9.78 Å². The van der Waals surface area contributed by atoms with Gasteiger partial charge in [-0.15, -0.1) is 0 Å². The molecule has 5 nitrogen and oxygen atoms in total. The van der Waals surface area contributed by atoms with Crippen LogP contribution in [-0.4, -0.2) is 26.5 Å². The first-order chi connectivity index (χ1) is 12.8. The Morgan fingerprint density at radius 3 is 2.77 bits per heavy atom. The molecule has 134 valence electrons. The fourth-order valence-corrected chi connectivity index (χ4v) is 3.88. The number of carbonyl (C=O) groups excluding carboxylic acids is 1. The summed E-state index contributed by atoms with van der Waals surface area (Å²) in [4.78, 5) is 20.8. The highest BCUT2D eigenvalue weighted by atomic mass is 16.1. The van der Waals surface area contributed by atoms with Crippen molar-refractivity contribution in [3.05, 3.63) is 60.7 Å². The van der Waals surface area contributed by atoms with Gasteiger partial charge in [0.25, 0.3) is 0 Å². The number of aryl methyl sites for hydroxylation is 1. The van der Waals surface area contributed by atoms with Crippen LogP contribution >= 0.6 is 0 Å². The van der Waals surface area contributed by atoms with Crippen molar-refractivity contribution >= 4 is 16.9 Å². The number of nitrogens with one attached hydrogen (secondary N) is 1. The van der Waals surface area contributed by atoms with Gasteiger partial charge in [0, 0.05) is 48.7 Å². The second kappa shape index (κ2) is 7.68. The molecule has 0 spiro atoms. The summed E-state index contributed by atoms with van der Waals surface area (Å²) < 4.78 is 2.30. The first-order valence-electron chi connectivity index (χ1n) is 9.39. The number of aromatic nitrogens is 3. The standard InChI is InChI=1S/C21H24N4O/c26-20(10-5-16-3-1-12-22-15-16)24-18-6-8-19(9-7-18)25-14-11-17-4-2-13-23-21(17)25/h1-4,11-15,18-19H,5-10H2,(H,24,26). The summed E-state index contributed by atoms with van der Waals surface area (Å²) in [7, 11) is 0. The molecule has 5 heteroatoms. The van der Waals surface area contributed by atoms with Crippen molar-refractivity contribution in [1.82, 2.24) is 19.9 Å². The molecule has 0 saturated heterocycles. The predicted octanol–water partition coefficient (Wildman–Crippen LogP) is 3.66. The highest BCUT2D eigenvalue weighted by molar-refractivity contribution is 5.77. The molecule has 0 aliphatic heterocycles. The Kier molecular flexibility index (Phi) is 4.95. The highest BCUT2D eigenvalue weighted by Crippen LogP contribution is 2.31. The molecular formula is C21H24N4O. The zero-order chi connectivity index (χ0) is 17.8. The number of nitrogens with zero attached hydrogens (tertiary/aromatic N) is 3. The van der Waals surface area contributed by atoms with Crippen molar-refractivity contribution in [3.8, 4) is 0 Å². The molecule has 3 aromatic rings. The lowest BCUT2D eigenvalue weighted by Crippen LogP contribution is -2.38. The van der Waals surface area contributed by atoms with Crippen LogP contribution in [0.3, 0.4) is 0 Å². The minimum Gasteiger partial charge on any atom is -0.353 e. The smallest absolute Gasteiger partial charge is 0.220 e. The van der Waals surface area contributed by atoms with E-state index in [0.717, 1.165) is 43.3 Å². The Hall–Kier alpha value is -2.69. The average molecular weight is 348 g/mol. The molecule has 1 saturated carbocycles. The van der Waals surface area contributed by atoms with E-state index in [1.54, 1.807) is 6.20 Å². The third kappa shape index (κ3) is 3.77. The molecule has 1 aliphatic carbocycles. The van der Waals surface area contributed by atoms with Gasteiger partial charge in [-0.25, -0.2) is 4.98 Å². The van der Waals surface area contributed by atoms with Gasteiger partial charge in [-0.2, -0.15) is 0 Å². The molecule has 0 aromatic carbocycles. The van der Waals surface area contributed by atoms with Crippen LogP contribution in [0, 0.1) is 0 Å². The summed E-state index contributed by atoms with van der Waals surface area (Å²) in [5, 5.41) is 4.40. The molecule has 1 N–H and O–H groups in total. The van der Waals surface area contributed by atoms with E-state index in [-0.39, 0.29) is 5.91 Å². The minimum atomic E-state index is 0.144. The van der Waals surface area contributed by atoms with Crippen LogP contribution in [0.5, 0.6) is 0 Å². The number of hydrogen-bond acceptors (Lipinski definition) is 3. The number of hydrogen-bond donors (Lipinski definition) is 1. The molecule has 0 bridgehead atoms. The Balaban J connectivity index is 1.28. The van der Waals surface area contributed by atoms with Crippen LogP contribution < -0.4 is 5.32 Å². The van der Waals surface area contributed by atoms with Gasteiger partial charge in [0.2, 0.25) is 5.91 Å². The quantitative estimate of drug-likeness (QED) is 0.765. The van der Waals surface area contributed by atoms with Gasteiger partial charge in [-0.1, -0.05) is 6.07 Å². The average Bonchev–Trinajstić information content (AvgIpc) is 3.12. The highest BCUT2D eigenvalue weighted by Gasteiger charge is 2.24. The molecule has 0 atom stereocenters. The van der Waals surface area contributed by atoms with Crippen LogP contribution in [0.1, 0.15) is 43.7 Å². The predicted molar refractivity (Wildman–Crippen MR) is 102 cm³/mol. The maximum absolute atomic E-state index is 12.2. The van der Waals surface area contributed by atoms with Crippen LogP contribution in [-0.2, 0) is 11.2 Å². The summed E-state index contributed by atoms with van der Waals surface area (Å²) in [6.45, 7) is 0. The normalized spacial score (nSPS) is 20.2. The van der Waals surface area contributed by atoms with Crippen molar-refractivity contribution in [2.45, 2.75) is 50.6 Å². The van der Waals surface area contributed by atoms with Crippen molar-refractivity contribution in [2.24, 2.45) is 0 Å². The number of carbonyl (C=O) groups is 1. The van der Waals surface area contributed by atoms with E-state index in [1.165, 1.54) is 5.39 Å². The van der Waals surface area contributed by atoms with E-state index >= 15 is 0 Å². The van der Waals surface area contributed by atoms with E-state index in [9.17, 15) is 4.79 Å². The van der Waals surface area contributed by atoms with E-state index < -0.39 is 0 Å². The summed E-state index contributed by atoms with van der Waals surface area (Å²) >= 11 is 0. The molecule has 1 aliphatic rings. The van der Waals surface area contributed by atoms with Gasteiger partial charge < -0.3 is 9.88 Å². The lowest BCUT2D eigenvalue weighted by Gasteiger charge is -2.30. The van der Waals surface area contributed by atoms with Crippen molar-refractivity contribution in [2.75, 3.05) is 0 Å². The second-order valence-electron chi connectivity index (χ2n) is 7.07. The van der Waals surface area contributed by atoms with Crippen molar-refractivity contribution in [1.29, 1.82) is 0 Å². The first kappa shape index (κ1) is 16.8. The van der Waals surface area contributed by atoms with E-state index in [0.29, 0.717) is 18.5 Å². The third-order valence-electron chi connectivity index (χ3n) is 5.29. The van der Waals surface area contributed by atoms with Gasteiger partial charge in [0.05, 0.1) is 0 Å². The molecule has 26 heavy (non-hydrogen) atoms. The maximum Gasteiger partial charge on any atom is 0.220 e. The monoisotopic (exact) mass is 348 g/mol. The topological polar surface area (TPSA) is 59.8 Å². The SMILES string of the molecule is O=C(CCc1cccnc1)NC1CCC(n2ccc3cccnc32)CC1. The summed E-state index contributed by atoms with van der Waals surface area (Å²) in [5.74, 6) is 0.144. The lowest BCUT2D eigenvalue weighted by molar-refractivity contribution is -0.122. The van der Waals surface area contributed by atoms with Gasteiger partial charge in [0.15, 0.2) is 0 Å². The Morgan fingerprint density at radius 2 is 1.96 bits per heavy atom. The minimum absolute atomic E-state index is 0.144. The largest absolute Gasteiger partial charge is 0.353 e. The van der Waals surface area contributed by atoms with Gasteiger partial charge in [0.1, 0.15) is 5.65 Å².